The summed E-state index contributed by atoms with van der Waals surface area (Å²) in [6.45, 7) is 2.72. The Kier molecular flexibility index (Phi) is 5.54. The molecule has 0 aliphatic carbocycles. The lowest BCUT2D eigenvalue weighted by molar-refractivity contribution is 0.167. The summed E-state index contributed by atoms with van der Waals surface area (Å²) in [5.74, 6) is -0.587. The van der Waals surface area contributed by atoms with E-state index >= 15 is 0 Å². The summed E-state index contributed by atoms with van der Waals surface area (Å²) in [5, 5.41) is 23.9. The normalized spacial score (nSPS) is 13.6. The zero-order valence-corrected chi connectivity index (χ0v) is 10.2. The molecule has 18 heavy (non-hydrogen) atoms. The molecule has 6 heteroatoms. The molecule has 0 aliphatic rings. The van der Waals surface area contributed by atoms with Crippen molar-refractivity contribution in [1.82, 2.24) is 5.32 Å². The third-order valence-electron chi connectivity index (χ3n) is 2.62. The molecule has 5 N–H and O–H groups in total. The molecule has 100 valence electrons. The van der Waals surface area contributed by atoms with E-state index in [9.17, 15) is 9.50 Å². The first kappa shape index (κ1) is 14.4. The van der Waals surface area contributed by atoms with Gasteiger partial charge in [-0.15, -0.1) is 0 Å². The highest BCUT2D eigenvalue weighted by Gasteiger charge is 2.09. The molecule has 1 aromatic carbocycles. The van der Waals surface area contributed by atoms with Crippen molar-refractivity contribution in [3.05, 3.63) is 35.1 Å². The number of nitrogens with two attached hydrogens (primary N) is 1. The van der Waals surface area contributed by atoms with Gasteiger partial charge in [0, 0.05) is 18.7 Å². The summed E-state index contributed by atoms with van der Waals surface area (Å²) < 4.78 is 13.1. The maximum absolute atomic E-state index is 13.1. The minimum Gasteiger partial charge on any atom is -0.409 e. The van der Waals surface area contributed by atoms with Crippen molar-refractivity contribution in [2.45, 2.75) is 26.0 Å². The minimum absolute atomic E-state index is 0.137. The molecular weight excluding hydrogens is 237 g/mol. The number of nitrogens with zero attached hydrogens (tertiary/aromatic N) is 1. The van der Waals surface area contributed by atoms with Crippen LogP contribution in [0.3, 0.4) is 0 Å². The van der Waals surface area contributed by atoms with E-state index in [-0.39, 0.29) is 5.84 Å². The number of oxime groups is 1. The summed E-state index contributed by atoms with van der Waals surface area (Å²) >= 11 is 0. The topological polar surface area (TPSA) is 90.9 Å². The van der Waals surface area contributed by atoms with Gasteiger partial charge >= 0.3 is 0 Å². The average molecular weight is 255 g/mol. The Morgan fingerprint density at radius 1 is 1.56 bits per heavy atom. The summed E-state index contributed by atoms with van der Waals surface area (Å²) in [6, 6.07) is 4.08. The first-order valence-electron chi connectivity index (χ1n) is 5.73. The highest BCUT2D eigenvalue weighted by molar-refractivity contribution is 5.98. The SMILES string of the molecule is CCC(O)CNCc1ccc(F)cc1/C(N)=N/O. The van der Waals surface area contributed by atoms with Crippen LogP contribution >= 0.6 is 0 Å². The minimum atomic E-state index is -0.450. The van der Waals surface area contributed by atoms with Gasteiger partial charge in [0.15, 0.2) is 5.84 Å². The largest absolute Gasteiger partial charge is 0.409 e. The van der Waals surface area contributed by atoms with Gasteiger partial charge in [0.1, 0.15) is 5.82 Å². The molecule has 0 bridgehead atoms. The number of aliphatic hydroxyl groups is 1. The second-order valence-corrected chi connectivity index (χ2v) is 3.98. The molecule has 1 unspecified atom stereocenters. The van der Waals surface area contributed by atoms with Crippen LogP contribution < -0.4 is 11.1 Å². The molecule has 0 heterocycles. The number of aliphatic hydroxyl groups excluding tert-OH is 1. The molecule has 1 aromatic rings. The lowest BCUT2D eigenvalue weighted by atomic mass is 10.1. The van der Waals surface area contributed by atoms with Gasteiger partial charge in [-0.3, -0.25) is 0 Å². The standard InChI is InChI=1S/C12H18FN3O2/c1-2-10(17)7-15-6-8-3-4-9(13)5-11(8)12(14)16-18/h3-5,10,15,17-18H,2,6-7H2,1H3,(H2,14,16). The highest BCUT2D eigenvalue weighted by atomic mass is 19.1. The second kappa shape index (κ2) is 6.93. The molecule has 1 rings (SSSR count). The van der Waals surface area contributed by atoms with Crippen LogP contribution in [0.1, 0.15) is 24.5 Å². The van der Waals surface area contributed by atoms with Gasteiger partial charge in [-0.05, 0) is 24.1 Å². The Balaban J connectivity index is 2.76. The summed E-state index contributed by atoms with van der Waals surface area (Å²) in [6.07, 6.45) is 0.238. The van der Waals surface area contributed by atoms with Gasteiger partial charge in [-0.2, -0.15) is 0 Å². The number of rotatable bonds is 6. The number of halogens is 1. The van der Waals surface area contributed by atoms with Crippen LogP contribution in [-0.4, -0.2) is 28.8 Å². The summed E-state index contributed by atoms with van der Waals surface area (Å²) in [4.78, 5) is 0. The molecule has 0 saturated carbocycles. The zero-order valence-electron chi connectivity index (χ0n) is 10.2. The maximum Gasteiger partial charge on any atom is 0.170 e. The third-order valence-corrected chi connectivity index (χ3v) is 2.62. The third kappa shape index (κ3) is 3.97. The maximum atomic E-state index is 13.1. The van der Waals surface area contributed by atoms with E-state index in [1.807, 2.05) is 6.92 Å². The van der Waals surface area contributed by atoms with Crippen LogP contribution in [-0.2, 0) is 6.54 Å². The second-order valence-electron chi connectivity index (χ2n) is 3.98. The van der Waals surface area contributed by atoms with E-state index in [0.29, 0.717) is 30.6 Å². The molecule has 5 nitrogen and oxygen atoms in total. The fraction of sp³-hybridized carbons (Fsp3) is 0.417. The summed E-state index contributed by atoms with van der Waals surface area (Å²) in [5.41, 5.74) is 6.53. The first-order chi connectivity index (χ1) is 8.58. The van der Waals surface area contributed by atoms with Crippen LogP contribution in [0.15, 0.2) is 23.4 Å². The van der Waals surface area contributed by atoms with E-state index in [1.165, 1.54) is 12.1 Å². The van der Waals surface area contributed by atoms with Gasteiger partial charge in [-0.25, -0.2) is 4.39 Å². The van der Waals surface area contributed by atoms with Crippen molar-refractivity contribution < 1.29 is 14.7 Å². The van der Waals surface area contributed by atoms with Gasteiger partial charge < -0.3 is 21.4 Å². The number of hydrogen-bond acceptors (Lipinski definition) is 4. The van der Waals surface area contributed by atoms with Gasteiger partial charge in [0.2, 0.25) is 0 Å². The van der Waals surface area contributed by atoms with E-state index in [0.717, 1.165) is 0 Å². The fourth-order valence-electron chi connectivity index (χ4n) is 1.51. The molecule has 0 spiro atoms. The smallest absolute Gasteiger partial charge is 0.170 e. The van der Waals surface area contributed by atoms with Gasteiger partial charge in [0.05, 0.1) is 6.10 Å². The summed E-state index contributed by atoms with van der Waals surface area (Å²) in [7, 11) is 0. The van der Waals surface area contributed by atoms with Crippen molar-refractivity contribution in [1.29, 1.82) is 0 Å². The molecule has 0 fully saturated rings. The average Bonchev–Trinajstić information content (AvgIpc) is 2.39. The van der Waals surface area contributed by atoms with Gasteiger partial charge in [0.25, 0.3) is 0 Å². The molecule has 0 saturated heterocycles. The molecular formula is C12H18FN3O2. The van der Waals surface area contributed by atoms with Gasteiger partial charge in [-0.1, -0.05) is 18.1 Å². The number of benzene rings is 1. The molecule has 0 aliphatic heterocycles. The van der Waals surface area contributed by atoms with Crippen molar-refractivity contribution in [2.24, 2.45) is 10.9 Å². The lowest BCUT2D eigenvalue weighted by Crippen LogP contribution is -2.27. The van der Waals surface area contributed by atoms with Crippen molar-refractivity contribution >= 4 is 5.84 Å². The van der Waals surface area contributed by atoms with E-state index in [1.54, 1.807) is 6.07 Å². The Hall–Kier alpha value is -1.66. The number of nitrogens with one attached hydrogen (secondary N) is 1. The quantitative estimate of drug-likeness (QED) is 0.262. The van der Waals surface area contributed by atoms with E-state index in [2.05, 4.69) is 10.5 Å². The van der Waals surface area contributed by atoms with Crippen LogP contribution in [0, 0.1) is 5.82 Å². The first-order valence-corrected chi connectivity index (χ1v) is 5.73. The highest BCUT2D eigenvalue weighted by Crippen LogP contribution is 2.11. The molecule has 0 aromatic heterocycles. The Morgan fingerprint density at radius 2 is 2.28 bits per heavy atom. The van der Waals surface area contributed by atoms with Crippen LogP contribution in [0.25, 0.3) is 0 Å². The zero-order chi connectivity index (χ0) is 13.5. The van der Waals surface area contributed by atoms with Crippen molar-refractivity contribution in [3.8, 4) is 0 Å². The molecule has 0 radical (unpaired) electrons. The predicted molar refractivity (Wildman–Crippen MR) is 66.9 cm³/mol. The number of hydrogen-bond donors (Lipinski definition) is 4. The molecule has 0 amide bonds. The van der Waals surface area contributed by atoms with Crippen molar-refractivity contribution in [2.75, 3.05) is 6.54 Å². The van der Waals surface area contributed by atoms with E-state index < -0.39 is 11.9 Å². The fourth-order valence-corrected chi connectivity index (χ4v) is 1.51. The molecule has 1 atom stereocenters. The Bertz CT molecular complexity index is 424. The lowest BCUT2D eigenvalue weighted by Gasteiger charge is -2.12. The van der Waals surface area contributed by atoms with E-state index in [4.69, 9.17) is 10.9 Å². The van der Waals surface area contributed by atoms with Crippen LogP contribution in [0.4, 0.5) is 4.39 Å². The predicted octanol–water partition coefficient (Wildman–Crippen LogP) is 0.781. The van der Waals surface area contributed by atoms with Crippen LogP contribution in [0.2, 0.25) is 0 Å². The Labute approximate surface area is 105 Å². The number of amidine groups is 1. The monoisotopic (exact) mass is 255 g/mol. The van der Waals surface area contributed by atoms with Crippen molar-refractivity contribution in [3.63, 3.8) is 0 Å². The van der Waals surface area contributed by atoms with Crippen LogP contribution in [0.5, 0.6) is 0 Å². The Morgan fingerprint density at radius 3 is 2.89 bits per heavy atom.